The summed E-state index contributed by atoms with van der Waals surface area (Å²) in [6, 6.07) is 0. The van der Waals surface area contributed by atoms with Gasteiger partial charge in [-0.25, -0.2) is 0 Å². The quantitative estimate of drug-likeness (QED) is 0.0195. The molecule has 9 heteroatoms. The van der Waals surface area contributed by atoms with Gasteiger partial charge in [0.1, 0.15) is 13.2 Å². The van der Waals surface area contributed by atoms with Crippen LogP contribution >= 0.6 is 0 Å². The Morgan fingerprint density at radius 1 is 0.411 bits per heavy atom. The standard InChI is InChI=1S/C64H107NO8/c1-6-8-10-12-14-16-18-20-22-24-26-28-30-31-33-35-37-39-41-43-45-47-49-51-53-55-62(67)73-60(59-72-64(63(68)69)70-57-56-65(3,4)5)58-71-61(66)54-52-50-48-46-44-42-40-38-36-34-32-29-27-25-23-21-19-17-15-13-11-9-7-2/h8-11,14-17,20-23,26-29,31,33,60,64H,6-7,12-13,18-19,24-25,30,32,34-59H2,1-5H3/b10-8-,11-9-,16-14-,17-15-,22-20-,23-21-,28-26-,29-27-,33-31-. The number of allylic oxidation sites excluding steroid dienone is 18. The first-order chi connectivity index (χ1) is 35.6. The van der Waals surface area contributed by atoms with Crippen molar-refractivity contribution in [2.75, 3.05) is 47.5 Å². The predicted molar refractivity (Wildman–Crippen MR) is 306 cm³/mol. The molecule has 0 saturated heterocycles. The number of hydrogen-bond donors (Lipinski definition) is 0. The van der Waals surface area contributed by atoms with E-state index in [2.05, 4.69) is 123 Å². The van der Waals surface area contributed by atoms with Crippen LogP contribution in [0.4, 0.5) is 0 Å². The van der Waals surface area contributed by atoms with Crippen LogP contribution in [0.5, 0.6) is 0 Å². The molecule has 416 valence electrons. The Bertz CT molecular complexity index is 1560. The molecule has 0 bridgehead atoms. The van der Waals surface area contributed by atoms with Crippen molar-refractivity contribution in [3.63, 3.8) is 0 Å². The van der Waals surface area contributed by atoms with Crippen LogP contribution in [0.3, 0.4) is 0 Å². The summed E-state index contributed by atoms with van der Waals surface area (Å²) in [6.45, 7) is 4.50. The number of likely N-dealkylation sites (N-methyl/N-ethyl adjacent to an activating group) is 1. The minimum Gasteiger partial charge on any atom is -0.545 e. The molecule has 0 radical (unpaired) electrons. The van der Waals surface area contributed by atoms with Gasteiger partial charge in [0.25, 0.3) is 0 Å². The second-order valence-corrected chi connectivity index (χ2v) is 20.2. The van der Waals surface area contributed by atoms with Crippen molar-refractivity contribution in [2.24, 2.45) is 0 Å². The second-order valence-electron chi connectivity index (χ2n) is 20.2. The summed E-state index contributed by atoms with van der Waals surface area (Å²) < 4.78 is 22.7. The van der Waals surface area contributed by atoms with Crippen LogP contribution < -0.4 is 5.11 Å². The molecule has 0 aromatic rings. The highest BCUT2D eigenvalue weighted by atomic mass is 16.7. The molecule has 0 amide bonds. The van der Waals surface area contributed by atoms with E-state index in [4.69, 9.17) is 18.9 Å². The van der Waals surface area contributed by atoms with Gasteiger partial charge in [-0.3, -0.25) is 9.59 Å². The highest BCUT2D eigenvalue weighted by Gasteiger charge is 2.22. The lowest BCUT2D eigenvalue weighted by molar-refractivity contribution is -0.870. The zero-order valence-electron chi connectivity index (χ0n) is 47.2. The lowest BCUT2D eigenvalue weighted by Crippen LogP contribution is -2.44. The van der Waals surface area contributed by atoms with Crippen LogP contribution in [0.15, 0.2) is 109 Å². The molecule has 0 aromatic heterocycles. The van der Waals surface area contributed by atoms with E-state index in [1.54, 1.807) is 0 Å². The number of aliphatic carboxylic acids is 1. The van der Waals surface area contributed by atoms with Gasteiger partial charge in [0, 0.05) is 12.8 Å². The van der Waals surface area contributed by atoms with E-state index >= 15 is 0 Å². The molecule has 9 nitrogen and oxygen atoms in total. The van der Waals surface area contributed by atoms with Crippen molar-refractivity contribution < 1.29 is 42.9 Å². The number of carbonyl (C=O) groups is 3. The van der Waals surface area contributed by atoms with Crippen LogP contribution in [0.2, 0.25) is 0 Å². The third kappa shape index (κ3) is 55.5. The zero-order chi connectivity index (χ0) is 53.4. The van der Waals surface area contributed by atoms with Crippen LogP contribution in [0, 0.1) is 0 Å². The van der Waals surface area contributed by atoms with Crippen LogP contribution in [0.1, 0.15) is 219 Å². The Hall–Kier alpha value is -4.05. The fourth-order valence-corrected chi connectivity index (χ4v) is 7.61. The number of carbonyl (C=O) groups excluding carboxylic acids is 3. The number of unbranched alkanes of at least 4 members (excludes halogenated alkanes) is 19. The van der Waals surface area contributed by atoms with Gasteiger partial charge in [-0.1, -0.05) is 220 Å². The van der Waals surface area contributed by atoms with E-state index in [9.17, 15) is 19.5 Å². The largest absolute Gasteiger partial charge is 0.545 e. The van der Waals surface area contributed by atoms with Crippen molar-refractivity contribution in [3.05, 3.63) is 109 Å². The van der Waals surface area contributed by atoms with Crippen molar-refractivity contribution in [2.45, 2.75) is 232 Å². The van der Waals surface area contributed by atoms with Crippen LogP contribution in [-0.2, 0) is 33.3 Å². The van der Waals surface area contributed by atoms with Crippen molar-refractivity contribution >= 4 is 17.9 Å². The summed E-state index contributed by atoms with van der Waals surface area (Å²) in [4.78, 5) is 37.3. The molecule has 0 rings (SSSR count). The Morgan fingerprint density at radius 3 is 1.10 bits per heavy atom. The number of carboxylic acid groups (broad SMARTS) is 1. The first-order valence-corrected chi connectivity index (χ1v) is 29.0. The molecular formula is C64H107NO8. The number of carboxylic acids is 1. The molecule has 0 aliphatic heterocycles. The first kappa shape index (κ1) is 69.0. The highest BCUT2D eigenvalue weighted by molar-refractivity contribution is 5.70. The topological polar surface area (TPSA) is 111 Å². The molecule has 2 atom stereocenters. The number of quaternary nitrogens is 1. The normalized spacial score (nSPS) is 13.6. The summed E-state index contributed by atoms with van der Waals surface area (Å²) in [7, 11) is 5.91. The Balaban J connectivity index is 4.29. The first-order valence-electron chi connectivity index (χ1n) is 29.0. The van der Waals surface area contributed by atoms with Gasteiger partial charge in [-0.15, -0.1) is 0 Å². The SMILES string of the molecule is CC/C=C\C/C=C\C/C=C\C/C=C\C/C=C\CCCCCCCCCCCC(=O)OC(COC(=O)CCCCCCCCCCCC/C=C\C/C=C\C/C=C\C/C=C\CC)COC(OCC[N+](C)(C)C)C(=O)[O-]. The molecule has 0 aliphatic rings. The van der Waals surface area contributed by atoms with Gasteiger partial charge in [0.05, 0.1) is 40.3 Å². The number of rotatable bonds is 52. The van der Waals surface area contributed by atoms with Gasteiger partial charge < -0.3 is 33.3 Å². The Labute approximate surface area is 447 Å². The molecule has 0 heterocycles. The summed E-state index contributed by atoms with van der Waals surface area (Å²) >= 11 is 0. The molecule has 0 spiro atoms. The lowest BCUT2D eigenvalue weighted by Gasteiger charge is -2.26. The van der Waals surface area contributed by atoms with E-state index in [1.807, 2.05) is 21.1 Å². The van der Waals surface area contributed by atoms with Gasteiger partial charge in [0.2, 0.25) is 0 Å². The zero-order valence-corrected chi connectivity index (χ0v) is 47.2. The monoisotopic (exact) mass is 1020 g/mol. The van der Waals surface area contributed by atoms with E-state index < -0.39 is 24.3 Å². The maximum atomic E-state index is 12.9. The third-order valence-corrected chi connectivity index (χ3v) is 12.0. The summed E-state index contributed by atoms with van der Waals surface area (Å²) in [5, 5.41) is 11.8. The average molecular weight is 1020 g/mol. The molecular weight excluding hydrogens is 911 g/mol. The third-order valence-electron chi connectivity index (χ3n) is 12.0. The van der Waals surface area contributed by atoms with E-state index in [1.165, 1.54) is 70.6 Å². The minimum absolute atomic E-state index is 0.140. The predicted octanol–water partition coefficient (Wildman–Crippen LogP) is 15.8. The summed E-state index contributed by atoms with van der Waals surface area (Å²) in [5.74, 6) is -2.31. The van der Waals surface area contributed by atoms with Gasteiger partial charge in [-0.05, 0) is 96.3 Å². The van der Waals surface area contributed by atoms with E-state index in [0.29, 0.717) is 17.4 Å². The Morgan fingerprint density at radius 2 is 0.740 bits per heavy atom. The maximum absolute atomic E-state index is 12.9. The smallest absolute Gasteiger partial charge is 0.306 e. The molecule has 0 saturated carbocycles. The highest BCUT2D eigenvalue weighted by Crippen LogP contribution is 2.15. The molecule has 0 N–H and O–H groups in total. The second kappa shape index (κ2) is 54.2. The van der Waals surface area contributed by atoms with E-state index in [-0.39, 0.29) is 38.6 Å². The van der Waals surface area contributed by atoms with Crippen LogP contribution in [0.25, 0.3) is 0 Å². The fourth-order valence-electron chi connectivity index (χ4n) is 7.61. The molecule has 0 fully saturated rings. The van der Waals surface area contributed by atoms with Gasteiger partial charge in [0.15, 0.2) is 12.4 Å². The Kier molecular flexibility index (Phi) is 51.2. The average Bonchev–Trinajstić information content (AvgIpc) is 3.36. The fraction of sp³-hybridized carbons (Fsp3) is 0.672. The number of ether oxygens (including phenoxy) is 4. The number of esters is 2. The van der Waals surface area contributed by atoms with Crippen LogP contribution in [-0.4, -0.2) is 82.3 Å². The number of hydrogen-bond acceptors (Lipinski definition) is 8. The maximum Gasteiger partial charge on any atom is 0.306 e. The molecule has 0 aliphatic carbocycles. The van der Waals surface area contributed by atoms with E-state index in [0.717, 1.165) is 116 Å². The molecule has 2 unspecified atom stereocenters. The van der Waals surface area contributed by atoms with Crippen molar-refractivity contribution in [1.82, 2.24) is 0 Å². The summed E-state index contributed by atoms with van der Waals surface area (Å²) in [5.41, 5.74) is 0. The van der Waals surface area contributed by atoms with Crippen molar-refractivity contribution in [3.8, 4) is 0 Å². The van der Waals surface area contributed by atoms with Gasteiger partial charge in [-0.2, -0.15) is 0 Å². The summed E-state index contributed by atoms with van der Waals surface area (Å²) in [6.07, 6.45) is 71.2. The molecule has 0 aromatic carbocycles. The lowest BCUT2D eigenvalue weighted by atomic mass is 10.1. The van der Waals surface area contributed by atoms with Gasteiger partial charge >= 0.3 is 11.9 Å². The minimum atomic E-state index is -1.63. The number of nitrogens with zero attached hydrogens (tertiary/aromatic N) is 1. The molecule has 73 heavy (non-hydrogen) atoms. The van der Waals surface area contributed by atoms with Crippen molar-refractivity contribution in [1.29, 1.82) is 0 Å².